The molecule has 0 bridgehead atoms. The summed E-state index contributed by atoms with van der Waals surface area (Å²) in [5, 5.41) is 8.88. The first kappa shape index (κ1) is 41.7. The molecule has 2 aromatic heterocycles. The van der Waals surface area contributed by atoms with Gasteiger partial charge in [-0.25, -0.2) is 18.4 Å². The average molecular weight is 875 g/mol. The lowest BCUT2D eigenvalue weighted by Gasteiger charge is -2.40. The van der Waals surface area contributed by atoms with Crippen LogP contribution in [0.15, 0.2) is 35.7 Å². The highest BCUT2D eigenvalue weighted by molar-refractivity contribution is 7.91. The second kappa shape index (κ2) is 16.3. The SMILES string of the molecule is COc1ccc2c(O[C@@H]3C[C@H]4C(=O)N[C@]5(C(=O)NS(=O)(=O)C6CC6)C[C@H]5/C=C\CCCCC[C@H](NC(=O)C5(OC)CCC5)C(=O)N4C3)cc(-c3nc(C4CC4)cs3)nc2c1C. The molecule has 3 N–H and O–H groups in total. The van der Waals surface area contributed by atoms with Crippen LogP contribution in [0, 0.1) is 12.8 Å². The Morgan fingerprint density at radius 1 is 0.984 bits per heavy atom. The molecule has 4 amide bonds. The third-order valence-corrected chi connectivity index (χ3v) is 16.2. The first-order valence-corrected chi connectivity index (χ1v) is 24.1. The number of rotatable bonds is 11. The number of thiazole rings is 1. The summed E-state index contributed by atoms with van der Waals surface area (Å²) in [7, 11) is -0.792. The first-order chi connectivity index (χ1) is 29.3. The molecule has 1 aromatic carbocycles. The number of aryl methyl sites for hydroxylation is 1. The van der Waals surface area contributed by atoms with Crippen molar-refractivity contribution in [2.75, 3.05) is 20.8 Å². The molecule has 0 spiro atoms. The maximum absolute atomic E-state index is 14.9. The summed E-state index contributed by atoms with van der Waals surface area (Å²) < 4.78 is 46.4. The molecule has 17 heteroatoms. The lowest BCUT2D eigenvalue weighted by atomic mass is 9.79. The van der Waals surface area contributed by atoms with Gasteiger partial charge < -0.3 is 29.7 Å². The normalized spacial score (nSPS) is 28.3. The monoisotopic (exact) mass is 874 g/mol. The lowest BCUT2D eigenvalue weighted by Crippen LogP contribution is -2.60. The van der Waals surface area contributed by atoms with Crippen molar-refractivity contribution >= 4 is 55.9 Å². The van der Waals surface area contributed by atoms with Crippen LogP contribution in [-0.4, -0.2) is 102 Å². The number of fused-ring (bicyclic) bond motifs is 3. The van der Waals surface area contributed by atoms with Crippen molar-refractivity contribution in [1.82, 2.24) is 30.2 Å². The van der Waals surface area contributed by atoms with Crippen molar-refractivity contribution in [2.24, 2.45) is 5.92 Å². The Hall–Kier alpha value is -4.61. The van der Waals surface area contributed by atoms with Gasteiger partial charge in [-0.05, 0) is 89.7 Å². The summed E-state index contributed by atoms with van der Waals surface area (Å²) in [4.78, 5) is 68.7. The molecular weight excluding hydrogens is 821 g/mol. The second-order valence-electron chi connectivity index (χ2n) is 17.7. The Morgan fingerprint density at radius 2 is 1.79 bits per heavy atom. The number of amides is 4. The Labute approximate surface area is 359 Å². The highest BCUT2D eigenvalue weighted by atomic mass is 32.2. The van der Waals surface area contributed by atoms with Gasteiger partial charge in [0.2, 0.25) is 21.8 Å². The van der Waals surface area contributed by atoms with Crippen molar-refractivity contribution in [3.8, 4) is 22.2 Å². The molecule has 4 aliphatic carbocycles. The maximum Gasteiger partial charge on any atom is 0.259 e. The van der Waals surface area contributed by atoms with Crippen LogP contribution in [0.2, 0.25) is 0 Å². The number of methoxy groups -OCH3 is 2. The van der Waals surface area contributed by atoms with Crippen LogP contribution in [0.1, 0.15) is 107 Å². The van der Waals surface area contributed by atoms with Crippen LogP contribution < -0.4 is 24.8 Å². The van der Waals surface area contributed by atoms with Crippen molar-refractivity contribution in [1.29, 1.82) is 0 Å². The molecule has 5 fully saturated rings. The van der Waals surface area contributed by atoms with Gasteiger partial charge in [-0.2, -0.15) is 0 Å². The highest BCUT2D eigenvalue weighted by Gasteiger charge is 2.62. The van der Waals surface area contributed by atoms with Crippen LogP contribution >= 0.6 is 11.3 Å². The van der Waals surface area contributed by atoms with Gasteiger partial charge in [0.05, 0.1) is 30.1 Å². The van der Waals surface area contributed by atoms with Crippen LogP contribution in [0.5, 0.6) is 11.5 Å². The largest absolute Gasteiger partial charge is 0.496 e. The van der Waals surface area contributed by atoms with Gasteiger partial charge in [0, 0.05) is 47.8 Å². The predicted octanol–water partition coefficient (Wildman–Crippen LogP) is 4.96. The molecule has 0 unspecified atom stereocenters. The van der Waals surface area contributed by atoms with E-state index in [9.17, 15) is 27.6 Å². The van der Waals surface area contributed by atoms with E-state index in [1.807, 2.05) is 37.3 Å². The zero-order chi connectivity index (χ0) is 42.7. The minimum atomic E-state index is -3.91. The Balaban J connectivity index is 1.06. The smallest absolute Gasteiger partial charge is 0.259 e. The number of aromatic nitrogens is 2. The van der Waals surface area contributed by atoms with E-state index < -0.39 is 68.2 Å². The number of pyridine rings is 1. The minimum Gasteiger partial charge on any atom is -0.496 e. The molecule has 2 aliphatic heterocycles. The van der Waals surface area contributed by atoms with E-state index in [1.165, 1.54) is 23.3 Å². The van der Waals surface area contributed by atoms with E-state index >= 15 is 0 Å². The topological polar surface area (TPSA) is 195 Å². The average Bonchev–Trinajstić information content (AvgIpc) is 4.18. The fraction of sp³-hybridized carbons (Fsp3) is 0.591. The number of allylic oxidation sites excluding steroid dienone is 1. The number of carbonyl (C=O) groups excluding carboxylic acids is 4. The fourth-order valence-corrected chi connectivity index (χ4v) is 11.3. The summed E-state index contributed by atoms with van der Waals surface area (Å²) in [6, 6.07) is 3.54. The molecule has 4 heterocycles. The van der Waals surface area contributed by atoms with Crippen molar-refractivity contribution in [3.05, 3.63) is 47.0 Å². The standard InChI is InChI=1S/C44H54N6O9S2/c1-25-35(57-2)17-16-30-36(21-32(45-37(25)30)39-46-33(24-60-39)26-12-13-26)59-28-20-34-38(51)48-44(42(54)49-61(55,56)29-14-15-29)22-27(44)10-7-5-4-6-8-11-31(40(52)50(34)23-28)47-41(53)43(58-3)18-9-19-43/h7,10,16-17,21,24,26-29,31,34H,4-6,8-9,11-15,18-20,22-23H2,1-3H3,(H,47,53)(H,48,51)(H,49,54)/b10-7-/t27-,28-,31+,34+,44-/m1/s1. The zero-order valence-electron chi connectivity index (χ0n) is 34.9. The molecule has 61 heavy (non-hydrogen) atoms. The van der Waals surface area contributed by atoms with Crippen molar-refractivity contribution in [3.63, 3.8) is 0 Å². The third kappa shape index (κ3) is 8.13. The van der Waals surface area contributed by atoms with Crippen molar-refractivity contribution < 1.29 is 41.8 Å². The van der Waals surface area contributed by atoms with Gasteiger partial charge in [-0.1, -0.05) is 25.0 Å². The van der Waals surface area contributed by atoms with Gasteiger partial charge in [-0.15, -0.1) is 11.3 Å². The summed E-state index contributed by atoms with van der Waals surface area (Å²) in [6.45, 7) is 1.94. The van der Waals surface area contributed by atoms with Gasteiger partial charge in [0.25, 0.3) is 11.8 Å². The van der Waals surface area contributed by atoms with Crippen LogP contribution in [0.4, 0.5) is 0 Å². The fourth-order valence-electron chi connectivity index (χ4n) is 9.12. The zero-order valence-corrected chi connectivity index (χ0v) is 36.5. The van der Waals surface area contributed by atoms with E-state index in [0.717, 1.165) is 53.8 Å². The Morgan fingerprint density at radius 3 is 2.49 bits per heavy atom. The number of nitrogens with one attached hydrogen (secondary N) is 3. The molecule has 0 radical (unpaired) electrons. The number of hydrogen-bond donors (Lipinski definition) is 3. The molecule has 6 aliphatic rings. The number of nitrogens with zero attached hydrogens (tertiary/aromatic N) is 3. The van der Waals surface area contributed by atoms with Crippen LogP contribution in [0.25, 0.3) is 21.6 Å². The molecule has 1 saturated heterocycles. The third-order valence-electron chi connectivity index (χ3n) is 13.5. The van der Waals surface area contributed by atoms with Gasteiger partial charge in [0.15, 0.2) is 0 Å². The van der Waals surface area contributed by atoms with E-state index in [4.69, 9.17) is 24.2 Å². The maximum atomic E-state index is 14.9. The quantitative estimate of drug-likeness (QED) is 0.221. The molecule has 15 nitrogen and oxygen atoms in total. The van der Waals surface area contributed by atoms with Gasteiger partial charge in [0.1, 0.15) is 51.5 Å². The number of sulfonamides is 1. The molecule has 9 rings (SSSR count). The van der Waals surface area contributed by atoms with Crippen LogP contribution in [0.3, 0.4) is 0 Å². The van der Waals surface area contributed by atoms with E-state index in [0.29, 0.717) is 73.6 Å². The number of hydrogen-bond acceptors (Lipinski definition) is 12. The number of carbonyl (C=O) groups is 4. The molecular formula is C44H54N6O9S2. The van der Waals surface area contributed by atoms with E-state index in [1.54, 1.807) is 7.11 Å². The number of ether oxygens (including phenoxy) is 3. The molecule has 4 saturated carbocycles. The summed E-state index contributed by atoms with van der Waals surface area (Å²) in [5.74, 6) is -0.963. The lowest BCUT2D eigenvalue weighted by molar-refractivity contribution is -0.157. The predicted molar refractivity (Wildman–Crippen MR) is 227 cm³/mol. The minimum absolute atomic E-state index is 0.00860. The first-order valence-electron chi connectivity index (χ1n) is 21.7. The summed E-state index contributed by atoms with van der Waals surface area (Å²) in [5.41, 5.74) is 0.658. The van der Waals surface area contributed by atoms with Gasteiger partial charge in [-0.3, -0.25) is 23.9 Å². The molecule has 3 aromatic rings. The second-order valence-corrected chi connectivity index (χ2v) is 20.5. The summed E-state index contributed by atoms with van der Waals surface area (Å²) in [6.07, 6.45) is 11.9. The van der Waals surface area contributed by atoms with Gasteiger partial charge >= 0.3 is 0 Å². The molecule has 326 valence electrons. The van der Waals surface area contributed by atoms with E-state index in [-0.39, 0.29) is 25.3 Å². The van der Waals surface area contributed by atoms with Crippen molar-refractivity contribution in [2.45, 2.75) is 137 Å². The summed E-state index contributed by atoms with van der Waals surface area (Å²) >= 11 is 1.52. The Bertz CT molecular complexity index is 2380. The highest BCUT2D eigenvalue weighted by Crippen LogP contribution is 2.47. The number of benzene rings is 1. The van der Waals surface area contributed by atoms with E-state index in [2.05, 4.69) is 20.7 Å². The molecule has 5 atom stereocenters. The van der Waals surface area contributed by atoms with Crippen LogP contribution in [-0.2, 0) is 33.9 Å². The Kier molecular flexibility index (Phi) is 11.1.